The summed E-state index contributed by atoms with van der Waals surface area (Å²) in [5, 5.41) is 11.1. The minimum absolute atomic E-state index is 0.0472. The molecule has 0 bridgehead atoms. The van der Waals surface area contributed by atoms with E-state index in [-0.39, 0.29) is 17.5 Å². The largest absolute Gasteiger partial charge is 0.872 e. The van der Waals surface area contributed by atoms with Gasteiger partial charge in [-0.2, -0.15) is 0 Å². The summed E-state index contributed by atoms with van der Waals surface area (Å²) in [6.07, 6.45) is 1.71. The average molecular weight is 207 g/mol. The smallest absolute Gasteiger partial charge is 0.130 e. The highest BCUT2D eigenvalue weighted by atomic mass is 17.3. The first-order chi connectivity index (χ1) is 7.14. The number of rotatable bonds is 3. The highest BCUT2D eigenvalue weighted by Gasteiger charge is 2.45. The van der Waals surface area contributed by atoms with Crippen LogP contribution >= 0.6 is 0 Å². The Morgan fingerprint density at radius 2 is 2.27 bits per heavy atom. The van der Waals surface area contributed by atoms with E-state index in [0.717, 1.165) is 18.4 Å². The molecule has 2 unspecified atom stereocenters. The zero-order valence-corrected chi connectivity index (χ0v) is 9.03. The van der Waals surface area contributed by atoms with Gasteiger partial charge in [0.15, 0.2) is 0 Å². The molecule has 1 heterocycles. The monoisotopic (exact) mass is 207 g/mol. The first kappa shape index (κ1) is 10.5. The molecule has 1 aliphatic rings. The molecular weight excluding hydrogens is 192 g/mol. The summed E-state index contributed by atoms with van der Waals surface area (Å²) >= 11 is 0. The van der Waals surface area contributed by atoms with E-state index >= 15 is 0 Å². The maximum atomic E-state index is 11.1. The predicted molar refractivity (Wildman–Crippen MR) is 54.2 cm³/mol. The van der Waals surface area contributed by atoms with Gasteiger partial charge < -0.3 is 5.11 Å². The molecule has 82 valence electrons. The third-order valence-corrected chi connectivity index (χ3v) is 3.06. The molecular formula is C12H15O3-. The Balaban J connectivity index is 2.04. The topological polar surface area (TPSA) is 41.5 Å². The number of hydrogen-bond acceptors (Lipinski definition) is 3. The van der Waals surface area contributed by atoms with Crippen molar-refractivity contribution in [1.82, 2.24) is 0 Å². The van der Waals surface area contributed by atoms with Gasteiger partial charge in [0.25, 0.3) is 0 Å². The maximum absolute atomic E-state index is 11.1. The summed E-state index contributed by atoms with van der Waals surface area (Å²) in [5.74, 6) is 0.0472. The van der Waals surface area contributed by atoms with Gasteiger partial charge in [0, 0.05) is 6.42 Å². The van der Waals surface area contributed by atoms with Crippen molar-refractivity contribution in [2.24, 2.45) is 0 Å². The van der Waals surface area contributed by atoms with Crippen LogP contribution in [0.2, 0.25) is 0 Å². The van der Waals surface area contributed by atoms with Crippen LogP contribution in [0.5, 0.6) is 5.75 Å². The van der Waals surface area contributed by atoms with Gasteiger partial charge in [0.2, 0.25) is 0 Å². The molecule has 0 aromatic heterocycles. The Morgan fingerprint density at radius 1 is 1.47 bits per heavy atom. The maximum Gasteiger partial charge on any atom is 0.130 e. The van der Waals surface area contributed by atoms with Gasteiger partial charge in [0.05, 0.1) is 0 Å². The minimum atomic E-state index is -0.196. The molecule has 0 spiro atoms. The van der Waals surface area contributed by atoms with Crippen molar-refractivity contribution < 1.29 is 14.9 Å². The molecule has 3 nitrogen and oxygen atoms in total. The lowest BCUT2D eigenvalue weighted by atomic mass is 9.89. The normalized spacial score (nSPS) is 29.9. The van der Waals surface area contributed by atoms with Crippen molar-refractivity contribution in [2.45, 2.75) is 38.4 Å². The van der Waals surface area contributed by atoms with Gasteiger partial charge in [-0.15, -0.1) is 5.75 Å². The zero-order valence-electron chi connectivity index (χ0n) is 9.03. The molecule has 0 N–H and O–H groups in total. The Labute approximate surface area is 89.6 Å². The molecule has 15 heavy (non-hydrogen) atoms. The molecule has 1 aromatic carbocycles. The summed E-state index contributed by atoms with van der Waals surface area (Å²) in [7, 11) is 0. The Morgan fingerprint density at radius 3 is 2.80 bits per heavy atom. The molecule has 2 atom stereocenters. The third kappa shape index (κ3) is 1.98. The van der Waals surface area contributed by atoms with Crippen molar-refractivity contribution in [3.05, 3.63) is 29.8 Å². The van der Waals surface area contributed by atoms with E-state index in [0.29, 0.717) is 0 Å². The molecule has 0 aliphatic carbocycles. The van der Waals surface area contributed by atoms with Gasteiger partial charge >= 0.3 is 0 Å². The Hall–Kier alpha value is -1.06. The molecule has 3 heteroatoms. The minimum Gasteiger partial charge on any atom is -0.872 e. The van der Waals surface area contributed by atoms with Crippen molar-refractivity contribution >= 4 is 0 Å². The Kier molecular flexibility index (Phi) is 2.67. The van der Waals surface area contributed by atoms with E-state index < -0.39 is 0 Å². The van der Waals surface area contributed by atoms with Crippen LogP contribution in [0.3, 0.4) is 0 Å². The van der Waals surface area contributed by atoms with Crippen molar-refractivity contribution in [2.75, 3.05) is 0 Å². The van der Waals surface area contributed by atoms with E-state index in [2.05, 4.69) is 6.92 Å². The van der Waals surface area contributed by atoms with Crippen LogP contribution in [-0.4, -0.2) is 11.7 Å². The Bertz CT molecular complexity index is 346. The molecule has 1 saturated heterocycles. The second kappa shape index (κ2) is 3.83. The molecule has 2 rings (SSSR count). The highest BCUT2D eigenvalue weighted by molar-refractivity contribution is 5.27. The van der Waals surface area contributed by atoms with Crippen LogP contribution in [0, 0.1) is 0 Å². The molecule has 1 fully saturated rings. The summed E-state index contributed by atoms with van der Waals surface area (Å²) in [5.41, 5.74) is 0.814. The lowest BCUT2D eigenvalue weighted by molar-refractivity contribution is -0.505. The van der Waals surface area contributed by atoms with E-state index in [9.17, 15) is 5.11 Å². The SMILES string of the molecule is CCC1(C)OOC1Cc1cccc([O-])c1. The van der Waals surface area contributed by atoms with Crippen molar-refractivity contribution in [3.8, 4) is 5.75 Å². The van der Waals surface area contributed by atoms with Crippen molar-refractivity contribution in [1.29, 1.82) is 0 Å². The fraction of sp³-hybridized carbons (Fsp3) is 0.500. The van der Waals surface area contributed by atoms with Crippen molar-refractivity contribution in [3.63, 3.8) is 0 Å². The van der Waals surface area contributed by atoms with Crippen LogP contribution in [0.1, 0.15) is 25.8 Å². The zero-order chi connectivity index (χ0) is 10.9. The van der Waals surface area contributed by atoms with Gasteiger partial charge in [-0.05, 0) is 18.9 Å². The van der Waals surface area contributed by atoms with E-state index in [1.54, 1.807) is 18.2 Å². The first-order valence-electron chi connectivity index (χ1n) is 5.24. The highest BCUT2D eigenvalue weighted by Crippen LogP contribution is 2.35. The van der Waals surface area contributed by atoms with Gasteiger partial charge in [-0.25, -0.2) is 9.78 Å². The standard InChI is InChI=1S/C12H16O3/c1-3-12(2)11(14-15-12)8-9-5-4-6-10(13)7-9/h4-7,11,13H,3,8H2,1-2H3/p-1. The van der Waals surface area contributed by atoms with Gasteiger partial charge in [-0.1, -0.05) is 31.2 Å². The van der Waals surface area contributed by atoms with Gasteiger partial charge in [-0.3, -0.25) is 0 Å². The quantitative estimate of drug-likeness (QED) is 0.710. The first-order valence-corrected chi connectivity index (χ1v) is 5.24. The molecule has 0 saturated carbocycles. The average Bonchev–Trinajstić information content (AvgIpc) is 2.23. The van der Waals surface area contributed by atoms with Crippen LogP contribution in [0.15, 0.2) is 24.3 Å². The summed E-state index contributed by atoms with van der Waals surface area (Å²) in [4.78, 5) is 10.2. The summed E-state index contributed by atoms with van der Waals surface area (Å²) in [6, 6.07) is 6.93. The molecule has 1 aromatic rings. The predicted octanol–water partition coefficient (Wildman–Crippen LogP) is 1.80. The lowest BCUT2D eigenvalue weighted by Gasteiger charge is -2.44. The second-order valence-electron chi connectivity index (χ2n) is 4.19. The lowest BCUT2D eigenvalue weighted by Crippen LogP contribution is -2.54. The van der Waals surface area contributed by atoms with Crippen LogP contribution in [0.25, 0.3) is 0 Å². The third-order valence-electron chi connectivity index (χ3n) is 3.06. The number of hydrogen-bond donors (Lipinski definition) is 0. The number of benzene rings is 1. The summed E-state index contributed by atoms with van der Waals surface area (Å²) < 4.78 is 0. The van der Waals surface area contributed by atoms with Crippen LogP contribution in [0.4, 0.5) is 0 Å². The molecule has 0 amide bonds. The van der Waals surface area contributed by atoms with E-state index in [1.165, 1.54) is 0 Å². The molecule has 1 aliphatic heterocycles. The van der Waals surface area contributed by atoms with E-state index in [1.807, 2.05) is 13.0 Å². The summed E-state index contributed by atoms with van der Waals surface area (Å²) in [6.45, 7) is 4.10. The van der Waals surface area contributed by atoms with Crippen LogP contribution in [-0.2, 0) is 16.2 Å². The van der Waals surface area contributed by atoms with E-state index in [4.69, 9.17) is 9.78 Å². The second-order valence-corrected chi connectivity index (χ2v) is 4.19. The fourth-order valence-electron chi connectivity index (χ4n) is 1.70. The van der Waals surface area contributed by atoms with Gasteiger partial charge in [0.1, 0.15) is 11.7 Å². The molecule has 0 radical (unpaired) electrons. The fourth-order valence-corrected chi connectivity index (χ4v) is 1.70. The van der Waals surface area contributed by atoms with Crippen LogP contribution < -0.4 is 5.11 Å².